The van der Waals surface area contributed by atoms with Gasteiger partial charge in [0, 0.05) is 11.1 Å². The molecule has 19 heavy (non-hydrogen) atoms. The van der Waals surface area contributed by atoms with Gasteiger partial charge in [0.2, 0.25) is 10.0 Å². The van der Waals surface area contributed by atoms with Gasteiger partial charge in [-0.1, -0.05) is 29.6 Å². The van der Waals surface area contributed by atoms with Gasteiger partial charge in [0.25, 0.3) is 0 Å². The molecule has 3 rings (SSSR count). The smallest absolute Gasteiger partial charge is 0.208 e. The lowest BCUT2D eigenvalue weighted by atomic mass is 9.96. The van der Waals surface area contributed by atoms with Crippen LogP contribution in [0.4, 0.5) is 0 Å². The third-order valence-corrected chi connectivity index (χ3v) is 6.43. The van der Waals surface area contributed by atoms with Crippen molar-refractivity contribution in [2.24, 2.45) is 11.8 Å². The van der Waals surface area contributed by atoms with Gasteiger partial charge < -0.3 is 0 Å². The molecule has 2 fully saturated rings. The van der Waals surface area contributed by atoms with E-state index in [1.165, 1.54) is 18.6 Å². The first-order valence-electron chi connectivity index (χ1n) is 6.43. The topological polar surface area (TPSA) is 46.2 Å². The van der Waals surface area contributed by atoms with Gasteiger partial charge in [-0.3, -0.25) is 0 Å². The van der Waals surface area contributed by atoms with Crippen LogP contribution in [0.1, 0.15) is 25.7 Å². The molecule has 2 aliphatic rings. The highest BCUT2D eigenvalue weighted by Crippen LogP contribution is 2.45. The summed E-state index contributed by atoms with van der Waals surface area (Å²) in [6.45, 7) is 0. The van der Waals surface area contributed by atoms with Gasteiger partial charge in [-0.25, -0.2) is 13.1 Å². The SMILES string of the molecule is O=S(=O)(N[C@@H]1C[C@@H]2CC[C@H]1C2)c1cc(Cl)ccc1Cl. The molecule has 1 aromatic rings. The molecule has 0 spiro atoms. The number of sulfonamides is 1. The van der Waals surface area contributed by atoms with E-state index in [2.05, 4.69) is 4.72 Å². The van der Waals surface area contributed by atoms with Crippen molar-refractivity contribution in [2.75, 3.05) is 0 Å². The second kappa shape index (κ2) is 4.92. The van der Waals surface area contributed by atoms with Crippen molar-refractivity contribution in [3.05, 3.63) is 28.2 Å². The minimum absolute atomic E-state index is 0.0544. The maximum atomic E-state index is 12.4. The minimum Gasteiger partial charge on any atom is -0.208 e. The van der Waals surface area contributed by atoms with Crippen LogP contribution >= 0.6 is 23.2 Å². The largest absolute Gasteiger partial charge is 0.242 e. The summed E-state index contributed by atoms with van der Waals surface area (Å²) in [6, 6.07) is 4.55. The summed E-state index contributed by atoms with van der Waals surface area (Å²) >= 11 is 11.8. The van der Waals surface area contributed by atoms with Crippen LogP contribution in [-0.4, -0.2) is 14.5 Å². The number of hydrogen-bond acceptors (Lipinski definition) is 2. The van der Waals surface area contributed by atoms with E-state index in [1.54, 1.807) is 6.07 Å². The monoisotopic (exact) mass is 319 g/mol. The van der Waals surface area contributed by atoms with Crippen LogP contribution in [0.25, 0.3) is 0 Å². The summed E-state index contributed by atoms with van der Waals surface area (Å²) in [5.41, 5.74) is 0. The van der Waals surface area contributed by atoms with Gasteiger partial charge in [-0.15, -0.1) is 0 Å². The van der Waals surface area contributed by atoms with Crippen LogP contribution in [-0.2, 0) is 10.0 Å². The lowest BCUT2D eigenvalue weighted by Crippen LogP contribution is -2.38. The molecule has 3 atom stereocenters. The van der Waals surface area contributed by atoms with Crippen molar-refractivity contribution in [3.63, 3.8) is 0 Å². The summed E-state index contributed by atoms with van der Waals surface area (Å²) in [7, 11) is -3.59. The highest BCUT2D eigenvalue weighted by atomic mass is 35.5. The molecule has 0 aromatic heterocycles. The predicted octanol–water partition coefficient (Wildman–Crippen LogP) is 3.46. The van der Waals surface area contributed by atoms with Gasteiger partial charge in [0.05, 0.1) is 5.02 Å². The maximum Gasteiger partial charge on any atom is 0.242 e. The Bertz CT molecular complexity index is 603. The second-order valence-corrected chi connectivity index (χ2v) is 8.00. The Morgan fingerprint density at radius 1 is 1.16 bits per heavy atom. The molecule has 0 heterocycles. The van der Waals surface area contributed by atoms with Gasteiger partial charge in [0.1, 0.15) is 4.90 Å². The molecule has 104 valence electrons. The Morgan fingerprint density at radius 3 is 2.58 bits per heavy atom. The molecular formula is C13H15Cl2NO2S. The van der Waals surface area contributed by atoms with E-state index in [0.29, 0.717) is 16.9 Å². The van der Waals surface area contributed by atoms with Crippen molar-refractivity contribution in [2.45, 2.75) is 36.6 Å². The Hall–Kier alpha value is -0.290. The van der Waals surface area contributed by atoms with Crippen molar-refractivity contribution < 1.29 is 8.42 Å². The first-order chi connectivity index (χ1) is 8.95. The zero-order valence-corrected chi connectivity index (χ0v) is 12.6. The van der Waals surface area contributed by atoms with Gasteiger partial charge in [0.15, 0.2) is 0 Å². The highest BCUT2D eigenvalue weighted by Gasteiger charge is 2.41. The number of hydrogen-bond donors (Lipinski definition) is 1. The fourth-order valence-electron chi connectivity index (χ4n) is 3.33. The number of nitrogens with one attached hydrogen (secondary N) is 1. The fourth-order valence-corrected chi connectivity index (χ4v) is 5.42. The van der Waals surface area contributed by atoms with Gasteiger partial charge >= 0.3 is 0 Å². The quantitative estimate of drug-likeness (QED) is 0.927. The van der Waals surface area contributed by atoms with Crippen molar-refractivity contribution in [1.29, 1.82) is 0 Å². The van der Waals surface area contributed by atoms with Gasteiger partial charge in [-0.05, 0) is 49.3 Å². The molecule has 3 nitrogen and oxygen atoms in total. The van der Waals surface area contributed by atoms with E-state index < -0.39 is 10.0 Å². The van der Waals surface area contributed by atoms with E-state index in [-0.39, 0.29) is 16.0 Å². The average molecular weight is 320 g/mol. The normalized spacial score (nSPS) is 29.9. The van der Waals surface area contributed by atoms with Crippen molar-refractivity contribution >= 4 is 33.2 Å². The first-order valence-corrected chi connectivity index (χ1v) is 8.67. The summed E-state index contributed by atoms with van der Waals surface area (Å²) in [5.74, 6) is 1.17. The maximum absolute atomic E-state index is 12.4. The molecule has 0 amide bonds. The third-order valence-electron chi connectivity index (χ3n) is 4.23. The zero-order chi connectivity index (χ0) is 13.6. The molecule has 2 bridgehead atoms. The van der Waals surface area contributed by atoms with E-state index in [4.69, 9.17) is 23.2 Å². The third kappa shape index (κ3) is 2.64. The number of benzene rings is 1. The molecule has 1 N–H and O–H groups in total. The van der Waals surface area contributed by atoms with Crippen LogP contribution in [0.2, 0.25) is 10.0 Å². The predicted molar refractivity (Wildman–Crippen MR) is 76.0 cm³/mol. The summed E-state index contributed by atoms with van der Waals surface area (Å²) < 4.78 is 27.6. The van der Waals surface area contributed by atoms with E-state index in [9.17, 15) is 8.42 Å². The van der Waals surface area contributed by atoms with Crippen LogP contribution in [0.15, 0.2) is 23.1 Å². The molecule has 0 unspecified atom stereocenters. The Labute approximate surface area is 123 Å². The fraction of sp³-hybridized carbons (Fsp3) is 0.538. The standard InChI is InChI=1S/C13H15Cl2NO2S/c14-10-3-4-11(15)13(7-10)19(17,18)16-12-6-8-1-2-9(12)5-8/h3-4,7-9,12,16H,1-2,5-6H2/t8-,9+,12-/m1/s1. The average Bonchev–Trinajstić information content (AvgIpc) is 2.93. The number of rotatable bonds is 3. The number of halogens is 2. The molecule has 0 saturated heterocycles. The molecule has 0 aliphatic heterocycles. The van der Waals surface area contributed by atoms with E-state index in [0.717, 1.165) is 19.3 Å². The Balaban J connectivity index is 1.85. The summed E-state index contributed by atoms with van der Waals surface area (Å²) in [5, 5.41) is 0.581. The first kappa shape index (κ1) is 13.7. The molecule has 2 saturated carbocycles. The summed E-state index contributed by atoms with van der Waals surface area (Å²) in [4.78, 5) is 0.0736. The van der Waals surface area contributed by atoms with Crippen molar-refractivity contribution in [3.8, 4) is 0 Å². The molecule has 1 aromatic carbocycles. The molecule has 0 radical (unpaired) electrons. The van der Waals surface area contributed by atoms with E-state index in [1.807, 2.05) is 0 Å². The summed E-state index contributed by atoms with van der Waals surface area (Å²) in [6.07, 6.45) is 4.46. The zero-order valence-electron chi connectivity index (χ0n) is 10.3. The molecular weight excluding hydrogens is 305 g/mol. The van der Waals surface area contributed by atoms with Crippen molar-refractivity contribution in [1.82, 2.24) is 4.72 Å². The van der Waals surface area contributed by atoms with Crippen LogP contribution in [0, 0.1) is 11.8 Å². The van der Waals surface area contributed by atoms with Crippen LogP contribution in [0.5, 0.6) is 0 Å². The van der Waals surface area contributed by atoms with Gasteiger partial charge in [-0.2, -0.15) is 0 Å². The Morgan fingerprint density at radius 2 is 1.95 bits per heavy atom. The minimum atomic E-state index is -3.59. The second-order valence-electron chi connectivity index (χ2n) is 5.48. The number of fused-ring (bicyclic) bond motifs is 2. The van der Waals surface area contributed by atoms with E-state index >= 15 is 0 Å². The highest BCUT2D eigenvalue weighted by molar-refractivity contribution is 7.89. The van der Waals surface area contributed by atoms with Crippen LogP contribution < -0.4 is 4.72 Å². The lowest BCUT2D eigenvalue weighted by Gasteiger charge is -2.23. The Kier molecular flexibility index (Phi) is 3.54. The molecule has 6 heteroatoms. The molecule has 2 aliphatic carbocycles. The lowest BCUT2D eigenvalue weighted by molar-refractivity contribution is 0.390. The van der Waals surface area contributed by atoms with Crippen LogP contribution in [0.3, 0.4) is 0 Å².